The Bertz CT molecular complexity index is 1970. The van der Waals surface area contributed by atoms with Crippen molar-refractivity contribution in [2.75, 3.05) is 44.7 Å². The number of thiazole rings is 1. The van der Waals surface area contributed by atoms with Gasteiger partial charge in [0, 0.05) is 66.3 Å². The normalized spacial score (nSPS) is 19.2. The third-order valence-corrected chi connectivity index (χ3v) is 9.93. The highest BCUT2D eigenvalue weighted by atomic mass is 35.5. The summed E-state index contributed by atoms with van der Waals surface area (Å²) in [7, 11) is 1.31. The molecule has 14 heteroatoms. The molecule has 2 saturated heterocycles. The van der Waals surface area contributed by atoms with Gasteiger partial charge in [0.2, 0.25) is 0 Å². The topological polar surface area (TPSA) is 109 Å². The van der Waals surface area contributed by atoms with Crippen LogP contribution in [0.3, 0.4) is 0 Å². The van der Waals surface area contributed by atoms with E-state index in [1.54, 1.807) is 11.1 Å². The van der Waals surface area contributed by atoms with E-state index < -0.39 is 17.8 Å². The molecule has 1 aromatic heterocycles. The third-order valence-electron chi connectivity index (χ3n) is 8.82. The number of nitrogens with zero attached hydrogens (tertiary/aromatic N) is 5. The first-order chi connectivity index (χ1) is 24.7. The number of aliphatic imine (C=N–C) groups is 1. The van der Waals surface area contributed by atoms with Gasteiger partial charge in [-0.05, 0) is 74.5 Å². The lowest BCUT2D eigenvalue weighted by molar-refractivity contribution is -0.136. The molecule has 0 bridgehead atoms. The smallest absolute Gasteiger partial charge is 0.338 e. The minimum atomic E-state index is -0.851. The highest BCUT2D eigenvalue weighted by molar-refractivity contribution is 7.11. The van der Waals surface area contributed by atoms with Crippen LogP contribution in [0, 0.1) is 5.82 Å². The SMILES string of the molecule is COC(=O)C1=C(CN2CCN3C(=O)N(c4ccc(Oc5ccc(OC(C)C)cc5)cc4)C[C@@H]3C2)NC(c2nccs2)=N[C@H]1c1ccc(F)cc1Cl. The summed E-state index contributed by atoms with van der Waals surface area (Å²) in [6, 6.07) is 18.0. The van der Waals surface area contributed by atoms with Crippen LogP contribution in [0.4, 0.5) is 14.9 Å². The second-order valence-electron chi connectivity index (χ2n) is 12.6. The first-order valence-electron chi connectivity index (χ1n) is 16.5. The molecule has 0 saturated carbocycles. The Morgan fingerprint density at radius 1 is 1.04 bits per heavy atom. The number of methoxy groups -OCH3 is 1. The molecule has 264 valence electrons. The van der Waals surface area contributed by atoms with Crippen molar-refractivity contribution in [3.8, 4) is 17.2 Å². The Kier molecular flexibility index (Phi) is 9.94. The summed E-state index contributed by atoms with van der Waals surface area (Å²) in [6.07, 6.45) is 1.76. The maximum atomic E-state index is 14.0. The van der Waals surface area contributed by atoms with Crippen molar-refractivity contribution in [2.24, 2.45) is 4.99 Å². The zero-order chi connectivity index (χ0) is 35.6. The molecule has 7 rings (SSSR count). The number of esters is 1. The summed E-state index contributed by atoms with van der Waals surface area (Å²) in [5.41, 5.74) is 2.11. The van der Waals surface area contributed by atoms with Gasteiger partial charge < -0.3 is 24.4 Å². The lowest BCUT2D eigenvalue weighted by Crippen LogP contribution is -2.53. The maximum Gasteiger partial charge on any atom is 0.338 e. The molecule has 1 N–H and O–H groups in total. The van der Waals surface area contributed by atoms with Crippen LogP contribution in [0.2, 0.25) is 5.02 Å². The van der Waals surface area contributed by atoms with E-state index in [9.17, 15) is 14.0 Å². The average molecular weight is 731 g/mol. The quantitative estimate of drug-likeness (QED) is 0.181. The molecule has 4 aromatic rings. The molecule has 0 spiro atoms. The minimum Gasteiger partial charge on any atom is -0.491 e. The zero-order valence-corrected chi connectivity index (χ0v) is 29.8. The van der Waals surface area contributed by atoms with Crippen LogP contribution in [0.5, 0.6) is 17.2 Å². The molecule has 0 radical (unpaired) electrons. The van der Waals surface area contributed by atoms with Crippen LogP contribution in [0.15, 0.2) is 94.6 Å². The number of aromatic nitrogens is 1. The molecular weight excluding hydrogens is 695 g/mol. The van der Waals surface area contributed by atoms with Crippen LogP contribution >= 0.6 is 22.9 Å². The van der Waals surface area contributed by atoms with Crippen molar-refractivity contribution < 1.29 is 28.2 Å². The van der Waals surface area contributed by atoms with Gasteiger partial charge in [-0.25, -0.2) is 19.0 Å². The molecule has 3 aromatic carbocycles. The molecule has 2 amide bonds. The first kappa shape index (κ1) is 34.5. The number of ether oxygens (including phenoxy) is 3. The van der Waals surface area contributed by atoms with Crippen LogP contribution in [-0.4, -0.2) is 84.6 Å². The van der Waals surface area contributed by atoms with Gasteiger partial charge in [0.15, 0.2) is 10.8 Å². The van der Waals surface area contributed by atoms with Crippen molar-refractivity contribution >= 4 is 46.5 Å². The highest BCUT2D eigenvalue weighted by Crippen LogP contribution is 2.37. The van der Waals surface area contributed by atoms with E-state index >= 15 is 0 Å². The zero-order valence-electron chi connectivity index (χ0n) is 28.2. The van der Waals surface area contributed by atoms with E-state index in [1.165, 1.54) is 36.6 Å². The summed E-state index contributed by atoms with van der Waals surface area (Å²) < 4.78 is 31.0. The minimum absolute atomic E-state index is 0.0523. The average Bonchev–Trinajstić information content (AvgIpc) is 3.77. The van der Waals surface area contributed by atoms with Gasteiger partial charge >= 0.3 is 12.0 Å². The second-order valence-corrected chi connectivity index (χ2v) is 13.9. The number of amidine groups is 1. The molecular formula is C37H36ClFN6O5S. The van der Waals surface area contributed by atoms with E-state index in [0.29, 0.717) is 66.3 Å². The number of amides is 2. The monoisotopic (exact) mass is 730 g/mol. The second kappa shape index (κ2) is 14.7. The third kappa shape index (κ3) is 7.41. The number of hydrogen-bond donors (Lipinski definition) is 1. The Balaban J connectivity index is 1.07. The van der Waals surface area contributed by atoms with Gasteiger partial charge in [0.1, 0.15) is 29.1 Å². The first-order valence-corrected chi connectivity index (χ1v) is 17.8. The van der Waals surface area contributed by atoms with E-state index in [-0.39, 0.29) is 28.8 Å². The Morgan fingerprint density at radius 2 is 1.76 bits per heavy atom. The number of rotatable bonds is 10. The number of hydrogen-bond acceptors (Lipinski definition) is 10. The Morgan fingerprint density at radius 3 is 2.43 bits per heavy atom. The van der Waals surface area contributed by atoms with Crippen molar-refractivity contribution in [1.82, 2.24) is 20.1 Å². The molecule has 3 aliphatic rings. The number of carbonyl (C=O) groups excluding carboxylic acids is 2. The van der Waals surface area contributed by atoms with E-state index in [2.05, 4.69) is 15.2 Å². The molecule has 2 fully saturated rings. The van der Waals surface area contributed by atoms with Crippen molar-refractivity contribution in [2.45, 2.75) is 32.0 Å². The Hall–Kier alpha value is -4.98. The van der Waals surface area contributed by atoms with Crippen LogP contribution in [0.25, 0.3) is 0 Å². The molecule has 0 aliphatic carbocycles. The highest BCUT2D eigenvalue weighted by Gasteiger charge is 2.42. The summed E-state index contributed by atoms with van der Waals surface area (Å²) >= 11 is 7.91. The number of fused-ring (bicyclic) bond motifs is 1. The summed E-state index contributed by atoms with van der Waals surface area (Å²) in [5, 5.41) is 5.96. The molecule has 51 heavy (non-hydrogen) atoms. The van der Waals surface area contributed by atoms with Gasteiger partial charge in [0.25, 0.3) is 0 Å². The molecule has 0 unspecified atom stereocenters. The Labute approximate surface area is 303 Å². The van der Waals surface area contributed by atoms with E-state index in [0.717, 1.165) is 11.4 Å². The molecule has 4 heterocycles. The van der Waals surface area contributed by atoms with Crippen molar-refractivity contribution in [3.63, 3.8) is 0 Å². The van der Waals surface area contributed by atoms with Crippen LogP contribution in [0.1, 0.15) is 30.5 Å². The fourth-order valence-electron chi connectivity index (χ4n) is 6.51. The summed E-state index contributed by atoms with van der Waals surface area (Å²) in [5.74, 6) is 1.52. The lowest BCUT2D eigenvalue weighted by atomic mass is 9.95. The fraction of sp³-hybridized carbons (Fsp3) is 0.297. The number of nitrogens with one attached hydrogen (secondary N) is 1. The largest absolute Gasteiger partial charge is 0.491 e. The van der Waals surface area contributed by atoms with Gasteiger partial charge in [-0.15, -0.1) is 11.3 Å². The fourth-order valence-corrected chi connectivity index (χ4v) is 7.37. The number of halogens is 2. The predicted octanol–water partition coefficient (Wildman–Crippen LogP) is 6.66. The molecule has 11 nitrogen and oxygen atoms in total. The van der Waals surface area contributed by atoms with Crippen molar-refractivity contribution in [1.29, 1.82) is 0 Å². The molecule has 2 atom stereocenters. The number of carbonyl (C=O) groups is 2. The van der Waals surface area contributed by atoms with Crippen LogP contribution in [-0.2, 0) is 9.53 Å². The standard InChI is InChI=1S/C37H36ClFN6O5S/c1-22(2)49-26-9-11-28(12-10-26)50-27-7-5-24(6-8-27)45-20-25-19-43(15-16-44(25)37(45)47)21-31-32(36(46)48-3)33(29-13-4-23(39)18-30(29)38)42-34(41-31)35-40-14-17-51-35/h4-14,17-18,22,25,33H,15-16,19-21H2,1-3H3,(H,41,42)/t25-,33-/m0/s1. The summed E-state index contributed by atoms with van der Waals surface area (Å²) in [6.45, 7) is 6.47. The lowest BCUT2D eigenvalue weighted by Gasteiger charge is -2.38. The number of benzene rings is 3. The van der Waals surface area contributed by atoms with Gasteiger partial charge in [-0.3, -0.25) is 14.8 Å². The maximum absolute atomic E-state index is 14.0. The molecule has 3 aliphatic heterocycles. The number of anilines is 1. The van der Waals surface area contributed by atoms with E-state index in [4.69, 9.17) is 30.8 Å². The van der Waals surface area contributed by atoms with Crippen molar-refractivity contribution in [3.05, 3.63) is 111 Å². The van der Waals surface area contributed by atoms with Gasteiger partial charge in [0.05, 0.1) is 24.8 Å². The van der Waals surface area contributed by atoms with Gasteiger partial charge in [-0.2, -0.15) is 0 Å². The van der Waals surface area contributed by atoms with E-state index in [1.807, 2.05) is 72.7 Å². The number of urea groups is 1. The van der Waals surface area contributed by atoms with Gasteiger partial charge in [-0.1, -0.05) is 17.7 Å². The predicted molar refractivity (Wildman–Crippen MR) is 193 cm³/mol. The van der Waals surface area contributed by atoms with Crippen LogP contribution < -0.4 is 19.7 Å². The number of piperazine rings is 1. The summed E-state index contributed by atoms with van der Waals surface area (Å²) in [4.78, 5) is 42.1.